The summed E-state index contributed by atoms with van der Waals surface area (Å²) in [5.41, 5.74) is 0.418. The van der Waals surface area contributed by atoms with Gasteiger partial charge in [-0.3, -0.25) is 4.79 Å². The molecule has 2 rings (SSSR count). The molecule has 1 aromatic carbocycles. The molecule has 1 N–H and O–H groups in total. The third-order valence-electron chi connectivity index (χ3n) is 2.58. The Morgan fingerprint density at radius 1 is 1.37 bits per heavy atom. The second-order valence-electron chi connectivity index (χ2n) is 3.75. The van der Waals surface area contributed by atoms with E-state index in [0.717, 1.165) is 4.88 Å². The van der Waals surface area contributed by atoms with Gasteiger partial charge in [0.05, 0.1) is 18.7 Å². The van der Waals surface area contributed by atoms with E-state index in [2.05, 4.69) is 11.4 Å². The van der Waals surface area contributed by atoms with Crippen LogP contribution in [0, 0.1) is 11.3 Å². The molecule has 5 heteroatoms. The van der Waals surface area contributed by atoms with E-state index in [1.807, 2.05) is 17.5 Å². The molecule has 0 aliphatic rings. The zero-order valence-electron chi connectivity index (χ0n) is 10.3. The number of amides is 1. The maximum absolute atomic E-state index is 12.2. The van der Waals surface area contributed by atoms with Gasteiger partial charge in [-0.25, -0.2) is 0 Å². The van der Waals surface area contributed by atoms with Gasteiger partial charge in [0.1, 0.15) is 5.75 Å². The van der Waals surface area contributed by atoms with E-state index in [4.69, 9.17) is 10.00 Å². The van der Waals surface area contributed by atoms with Crippen molar-refractivity contribution >= 4 is 17.2 Å². The standard InChI is InChI=1S/C14H12N2O2S/c1-18-12-6-3-2-5-10(12)14(17)16-11(9-15)13-7-4-8-19-13/h2-8,11H,1H3,(H,16,17). The Hall–Kier alpha value is -2.32. The maximum atomic E-state index is 12.2. The van der Waals surface area contributed by atoms with Gasteiger partial charge in [-0.05, 0) is 23.6 Å². The minimum Gasteiger partial charge on any atom is -0.496 e. The first-order chi connectivity index (χ1) is 9.26. The third kappa shape index (κ3) is 2.92. The van der Waals surface area contributed by atoms with Crippen LogP contribution in [0.4, 0.5) is 0 Å². The van der Waals surface area contributed by atoms with E-state index < -0.39 is 6.04 Å². The molecule has 1 unspecified atom stereocenters. The molecule has 0 saturated heterocycles. The van der Waals surface area contributed by atoms with E-state index in [0.29, 0.717) is 11.3 Å². The van der Waals surface area contributed by atoms with Crippen molar-refractivity contribution in [2.24, 2.45) is 0 Å². The van der Waals surface area contributed by atoms with Crippen LogP contribution in [0.15, 0.2) is 41.8 Å². The highest BCUT2D eigenvalue weighted by Crippen LogP contribution is 2.21. The van der Waals surface area contributed by atoms with E-state index in [1.165, 1.54) is 18.4 Å². The van der Waals surface area contributed by atoms with Gasteiger partial charge in [-0.2, -0.15) is 5.26 Å². The fourth-order valence-electron chi connectivity index (χ4n) is 1.66. The number of ether oxygens (including phenoxy) is 1. The summed E-state index contributed by atoms with van der Waals surface area (Å²) in [6.45, 7) is 0. The maximum Gasteiger partial charge on any atom is 0.256 e. The second-order valence-corrected chi connectivity index (χ2v) is 4.73. The number of nitrogens with zero attached hydrogens (tertiary/aromatic N) is 1. The van der Waals surface area contributed by atoms with Crippen LogP contribution in [0.2, 0.25) is 0 Å². The summed E-state index contributed by atoms with van der Waals surface area (Å²) in [6.07, 6.45) is 0. The number of carbonyl (C=O) groups excluding carboxylic acids is 1. The van der Waals surface area contributed by atoms with E-state index in [1.54, 1.807) is 24.3 Å². The Balaban J connectivity index is 2.19. The summed E-state index contributed by atoms with van der Waals surface area (Å²) in [5.74, 6) is 0.167. The van der Waals surface area contributed by atoms with Crippen LogP contribution in [0.3, 0.4) is 0 Å². The van der Waals surface area contributed by atoms with E-state index in [9.17, 15) is 4.79 Å². The number of rotatable bonds is 4. The molecule has 0 bridgehead atoms. The van der Waals surface area contributed by atoms with Crippen molar-refractivity contribution in [1.29, 1.82) is 5.26 Å². The number of hydrogen-bond donors (Lipinski definition) is 1. The summed E-state index contributed by atoms with van der Waals surface area (Å²) in [6, 6.07) is 12.0. The van der Waals surface area contributed by atoms with Gasteiger partial charge in [0, 0.05) is 4.88 Å². The predicted octanol–water partition coefficient (Wildman–Crippen LogP) is 2.75. The first-order valence-corrected chi connectivity index (χ1v) is 6.51. The predicted molar refractivity (Wildman–Crippen MR) is 73.1 cm³/mol. The minimum atomic E-state index is -0.641. The summed E-state index contributed by atoms with van der Waals surface area (Å²) < 4.78 is 5.13. The molecule has 0 aliphatic carbocycles. The topological polar surface area (TPSA) is 62.1 Å². The monoisotopic (exact) mass is 272 g/mol. The number of nitrogens with one attached hydrogen (secondary N) is 1. The summed E-state index contributed by atoms with van der Waals surface area (Å²) >= 11 is 1.43. The molecule has 1 heterocycles. The molecule has 0 fully saturated rings. The molecule has 4 nitrogen and oxygen atoms in total. The Morgan fingerprint density at radius 2 is 2.16 bits per heavy atom. The second kappa shape index (κ2) is 6.03. The van der Waals surface area contributed by atoms with Crippen LogP contribution in [-0.4, -0.2) is 13.0 Å². The SMILES string of the molecule is COc1ccccc1C(=O)NC(C#N)c1cccs1. The smallest absolute Gasteiger partial charge is 0.256 e. The van der Waals surface area contributed by atoms with Crippen molar-refractivity contribution in [2.75, 3.05) is 7.11 Å². The van der Waals surface area contributed by atoms with Crippen molar-refractivity contribution in [3.8, 4) is 11.8 Å². The first-order valence-electron chi connectivity index (χ1n) is 5.63. The van der Waals surface area contributed by atoms with Gasteiger partial charge in [-0.1, -0.05) is 18.2 Å². The highest BCUT2D eigenvalue weighted by Gasteiger charge is 2.18. The molecule has 0 spiro atoms. The van der Waals surface area contributed by atoms with Crippen molar-refractivity contribution in [1.82, 2.24) is 5.32 Å². The van der Waals surface area contributed by atoms with Gasteiger partial charge >= 0.3 is 0 Å². The minimum absolute atomic E-state index is 0.322. The zero-order valence-corrected chi connectivity index (χ0v) is 11.1. The Morgan fingerprint density at radius 3 is 2.79 bits per heavy atom. The fraction of sp³-hybridized carbons (Fsp3) is 0.143. The molecule has 0 saturated carbocycles. The highest BCUT2D eigenvalue weighted by molar-refractivity contribution is 7.10. The van der Waals surface area contributed by atoms with Crippen molar-refractivity contribution in [3.63, 3.8) is 0 Å². The zero-order chi connectivity index (χ0) is 13.7. The Kier molecular flexibility index (Phi) is 4.16. The lowest BCUT2D eigenvalue weighted by Crippen LogP contribution is -2.27. The molecular weight excluding hydrogens is 260 g/mol. The summed E-state index contributed by atoms with van der Waals surface area (Å²) in [4.78, 5) is 13.0. The summed E-state index contributed by atoms with van der Waals surface area (Å²) in [5, 5.41) is 13.7. The number of methoxy groups -OCH3 is 1. The normalized spacial score (nSPS) is 11.4. The molecule has 19 heavy (non-hydrogen) atoms. The molecule has 1 aromatic heterocycles. The van der Waals surface area contributed by atoms with Crippen molar-refractivity contribution < 1.29 is 9.53 Å². The van der Waals surface area contributed by atoms with Crippen LogP contribution in [0.1, 0.15) is 21.3 Å². The van der Waals surface area contributed by atoms with Gasteiger partial charge in [-0.15, -0.1) is 11.3 Å². The highest BCUT2D eigenvalue weighted by atomic mass is 32.1. The number of hydrogen-bond acceptors (Lipinski definition) is 4. The average Bonchev–Trinajstić information content (AvgIpc) is 2.98. The molecule has 1 amide bonds. The molecule has 2 aromatic rings. The first kappa shape index (κ1) is 13.1. The number of carbonyl (C=O) groups is 1. The lowest BCUT2D eigenvalue weighted by atomic mass is 10.1. The number of para-hydroxylation sites is 1. The molecule has 96 valence electrons. The van der Waals surface area contributed by atoms with Crippen LogP contribution in [0.25, 0.3) is 0 Å². The third-order valence-corrected chi connectivity index (χ3v) is 3.52. The van der Waals surface area contributed by atoms with Crippen LogP contribution >= 0.6 is 11.3 Å². The Bertz CT molecular complexity index is 602. The number of nitriles is 1. The number of thiophene rings is 1. The van der Waals surface area contributed by atoms with Gasteiger partial charge in [0.25, 0.3) is 5.91 Å². The van der Waals surface area contributed by atoms with Crippen molar-refractivity contribution in [3.05, 3.63) is 52.2 Å². The fourth-order valence-corrected chi connectivity index (χ4v) is 2.38. The van der Waals surface area contributed by atoms with Crippen LogP contribution < -0.4 is 10.1 Å². The average molecular weight is 272 g/mol. The van der Waals surface area contributed by atoms with E-state index in [-0.39, 0.29) is 5.91 Å². The molecular formula is C14H12N2O2S. The van der Waals surface area contributed by atoms with Crippen LogP contribution in [0.5, 0.6) is 5.75 Å². The van der Waals surface area contributed by atoms with Gasteiger partial charge in [0.2, 0.25) is 0 Å². The lowest BCUT2D eigenvalue weighted by molar-refractivity contribution is 0.0942. The Labute approximate surface area is 115 Å². The van der Waals surface area contributed by atoms with E-state index >= 15 is 0 Å². The molecule has 0 aliphatic heterocycles. The van der Waals surface area contributed by atoms with Gasteiger partial charge < -0.3 is 10.1 Å². The molecule has 1 atom stereocenters. The van der Waals surface area contributed by atoms with Crippen molar-refractivity contribution in [2.45, 2.75) is 6.04 Å². The quantitative estimate of drug-likeness (QED) is 0.930. The lowest BCUT2D eigenvalue weighted by Gasteiger charge is -2.12. The largest absolute Gasteiger partial charge is 0.496 e. The van der Waals surface area contributed by atoms with Crippen LogP contribution in [-0.2, 0) is 0 Å². The number of benzene rings is 1. The van der Waals surface area contributed by atoms with Gasteiger partial charge in [0.15, 0.2) is 6.04 Å². The molecule has 0 radical (unpaired) electrons. The summed E-state index contributed by atoms with van der Waals surface area (Å²) in [7, 11) is 1.51.